The number of halogens is 2. The van der Waals surface area contributed by atoms with Gasteiger partial charge in [0, 0.05) is 17.6 Å². The van der Waals surface area contributed by atoms with Crippen LogP contribution in [0.15, 0.2) is 60.0 Å². The van der Waals surface area contributed by atoms with E-state index in [1.807, 2.05) is 0 Å². The first kappa shape index (κ1) is 14.0. The molecule has 0 aliphatic carbocycles. The van der Waals surface area contributed by atoms with Gasteiger partial charge in [0.25, 0.3) is 0 Å². The highest BCUT2D eigenvalue weighted by Crippen LogP contribution is 2.38. The van der Waals surface area contributed by atoms with Gasteiger partial charge in [-0.05, 0) is 102 Å². The Kier molecular flexibility index (Phi) is 3.67. The van der Waals surface area contributed by atoms with E-state index in [2.05, 4.69) is 105 Å². The molecule has 1 aromatic heterocycles. The van der Waals surface area contributed by atoms with Gasteiger partial charge in [0.15, 0.2) is 0 Å². The third kappa shape index (κ3) is 2.49. The van der Waals surface area contributed by atoms with E-state index in [0.717, 1.165) is 0 Å². The van der Waals surface area contributed by atoms with Gasteiger partial charge in [0.05, 0.1) is 0 Å². The van der Waals surface area contributed by atoms with Crippen molar-refractivity contribution in [3.8, 4) is 10.4 Å². The molecule has 0 N–H and O–H groups in total. The molecule has 1 heterocycles. The van der Waals surface area contributed by atoms with Crippen molar-refractivity contribution in [3.63, 3.8) is 0 Å². The highest BCUT2D eigenvalue weighted by Gasteiger charge is 2.10. The van der Waals surface area contributed by atoms with Crippen molar-refractivity contribution in [1.82, 2.24) is 0 Å². The Morgan fingerprint density at radius 2 is 1.57 bits per heavy atom. The molecule has 0 nitrogen and oxygen atoms in total. The summed E-state index contributed by atoms with van der Waals surface area (Å²) in [5, 5.41) is 7.49. The lowest BCUT2D eigenvalue weighted by atomic mass is 9.97. The fourth-order valence-electron chi connectivity index (χ4n) is 2.76. The topological polar surface area (TPSA) is 0 Å². The Morgan fingerprint density at radius 1 is 0.762 bits per heavy atom. The molecular weight excluding hydrogens is 502 g/mol. The summed E-state index contributed by atoms with van der Waals surface area (Å²) >= 11 is 6.59. The number of fused-ring (bicyclic) bond motifs is 3. The fraction of sp³-hybridized carbons (Fsp3) is 0. The number of hydrogen-bond donors (Lipinski definition) is 0. The maximum atomic E-state index is 2.41. The largest absolute Gasteiger partial charge is 0.144 e. The van der Waals surface area contributed by atoms with E-state index in [0.29, 0.717) is 0 Å². The molecule has 4 rings (SSSR count). The van der Waals surface area contributed by atoms with Crippen LogP contribution in [0.25, 0.3) is 32.0 Å². The summed E-state index contributed by atoms with van der Waals surface area (Å²) < 4.78 is 2.57. The lowest BCUT2D eigenvalue weighted by molar-refractivity contribution is 1.69. The molecular formula is C18H10I2S. The second-order valence-corrected chi connectivity index (χ2v) is 8.40. The summed E-state index contributed by atoms with van der Waals surface area (Å²) in [6, 6.07) is 20.1. The molecule has 3 heteroatoms. The van der Waals surface area contributed by atoms with Crippen molar-refractivity contribution in [3.05, 3.63) is 67.1 Å². The Morgan fingerprint density at radius 3 is 2.38 bits per heavy atom. The molecule has 0 aliphatic heterocycles. The van der Waals surface area contributed by atoms with Gasteiger partial charge in [0.1, 0.15) is 0 Å². The summed E-state index contributed by atoms with van der Waals surface area (Å²) in [5.41, 5.74) is 1.35. The first-order valence-corrected chi connectivity index (χ1v) is 9.61. The molecule has 0 unspecified atom stereocenters. The Balaban J connectivity index is 2.21. The number of rotatable bonds is 1. The predicted octanol–water partition coefficient (Wildman–Crippen LogP) is 6.93. The van der Waals surface area contributed by atoms with Crippen molar-refractivity contribution in [2.24, 2.45) is 0 Å². The maximum Gasteiger partial charge on any atom is 0.0349 e. The van der Waals surface area contributed by atoms with Crippen LogP contribution in [0.3, 0.4) is 0 Å². The Labute approximate surface area is 154 Å². The van der Waals surface area contributed by atoms with E-state index in [-0.39, 0.29) is 0 Å². The van der Waals surface area contributed by atoms with Crippen molar-refractivity contribution in [1.29, 1.82) is 0 Å². The normalized spacial score (nSPS) is 11.3. The summed E-state index contributed by atoms with van der Waals surface area (Å²) in [6.07, 6.45) is 0. The molecule has 0 aliphatic rings. The predicted molar refractivity (Wildman–Crippen MR) is 110 cm³/mol. The van der Waals surface area contributed by atoms with Crippen LogP contribution < -0.4 is 0 Å². The van der Waals surface area contributed by atoms with Crippen LogP contribution in [0.5, 0.6) is 0 Å². The molecule has 0 bridgehead atoms. The molecule has 3 aromatic carbocycles. The summed E-state index contributed by atoms with van der Waals surface area (Å²) in [4.78, 5) is 1.34. The highest BCUT2D eigenvalue weighted by atomic mass is 127. The quantitative estimate of drug-likeness (QED) is 0.192. The van der Waals surface area contributed by atoms with Crippen LogP contribution in [-0.2, 0) is 0 Å². The zero-order valence-electron chi connectivity index (χ0n) is 10.9. The number of hydrogen-bond acceptors (Lipinski definition) is 1. The van der Waals surface area contributed by atoms with E-state index in [4.69, 9.17) is 0 Å². The standard InChI is InChI=1S/C18H10I2S/c19-13-5-6-15-11(8-13)3-4-12-9-14(20)10-16(18(12)15)17-2-1-7-21-17/h1-10H. The van der Waals surface area contributed by atoms with Crippen LogP contribution in [0.2, 0.25) is 0 Å². The smallest absolute Gasteiger partial charge is 0.0349 e. The maximum absolute atomic E-state index is 2.41. The van der Waals surface area contributed by atoms with Crippen molar-refractivity contribution >= 4 is 78.1 Å². The van der Waals surface area contributed by atoms with Crippen molar-refractivity contribution in [2.75, 3.05) is 0 Å². The van der Waals surface area contributed by atoms with Gasteiger partial charge in [-0.2, -0.15) is 0 Å². The molecule has 102 valence electrons. The second-order valence-electron chi connectivity index (χ2n) is 4.96. The Hall–Kier alpha value is -0.660. The minimum atomic E-state index is 1.28. The van der Waals surface area contributed by atoms with Gasteiger partial charge in [0.2, 0.25) is 0 Å². The second kappa shape index (κ2) is 5.52. The zero-order valence-corrected chi connectivity index (χ0v) is 16.1. The van der Waals surface area contributed by atoms with E-state index in [9.17, 15) is 0 Å². The van der Waals surface area contributed by atoms with Crippen LogP contribution in [0.4, 0.5) is 0 Å². The van der Waals surface area contributed by atoms with Crippen LogP contribution in [-0.4, -0.2) is 0 Å². The average Bonchev–Trinajstić information content (AvgIpc) is 3.00. The lowest BCUT2D eigenvalue weighted by Gasteiger charge is -2.10. The molecule has 0 amide bonds. The minimum absolute atomic E-state index is 1.28. The van der Waals surface area contributed by atoms with Crippen LogP contribution in [0, 0.1) is 7.14 Å². The van der Waals surface area contributed by atoms with Gasteiger partial charge in [-0.1, -0.05) is 24.3 Å². The summed E-state index contributed by atoms with van der Waals surface area (Å²) in [5.74, 6) is 0. The highest BCUT2D eigenvalue weighted by molar-refractivity contribution is 14.1. The molecule has 0 atom stereocenters. The molecule has 0 saturated carbocycles. The Bertz CT molecular complexity index is 956. The number of benzene rings is 3. The molecule has 0 saturated heterocycles. The lowest BCUT2D eigenvalue weighted by Crippen LogP contribution is -1.85. The van der Waals surface area contributed by atoms with Gasteiger partial charge >= 0.3 is 0 Å². The molecule has 0 radical (unpaired) electrons. The third-order valence-corrected chi connectivity index (χ3v) is 5.84. The minimum Gasteiger partial charge on any atom is -0.144 e. The monoisotopic (exact) mass is 512 g/mol. The number of thiophene rings is 1. The van der Waals surface area contributed by atoms with E-state index < -0.39 is 0 Å². The van der Waals surface area contributed by atoms with E-state index >= 15 is 0 Å². The van der Waals surface area contributed by atoms with Gasteiger partial charge < -0.3 is 0 Å². The van der Waals surface area contributed by atoms with Crippen molar-refractivity contribution in [2.45, 2.75) is 0 Å². The zero-order chi connectivity index (χ0) is 14.4. The van der Waals surface area contributed by atoms with Crippen LogP contribution in [0.1, 0.15) is 0 Å². The SMILES string of the molecule is Ic1ccc2c(ccc3cc(I)cc(-c4cccs4)c32)c1. The molecule has 0 spiro atoms. The molecule has 0 fully saturated rings. The molecule has 4 aromatic rings. The van der Waals surface area contributed by atoms with Gasteiger partial charge in [-0.3, -0.25) is 0 Å². The first-order valence-electron chi connectivity index (χ1n) is 6.58. The summed E-state index contributed by atoms with van der Waals surface area (Å²) in [7, 11) is 0. The fourth-order valence-corrected chi connectivity index (χ4v) is 4.68. The van der Waals surface area contributed by atoms with Gasteiger partial charge in [-0.15, -0.1) is 11.3 Å². The average molecular weight is 512 g/mol. The van der Waals surface area contributed by atoms with E-state index in [1.165, 1.54) is 39.1 Å². The van der Waals surface area contributed by atoms with Gasteiger partial charge in [-0.25, -0.2) is 0 Å². The van der Waals surface area contributed by atoms with Crippen molar-refractivity contribution < 1.29 is 0 Å². The van der Waals surface area contributed by atoms with Crippen LogP contribution >= 0.6 is 56.5 Å². The van der Waals surface area contributed by atoms with E-state index in [1.54, 1.807) is 11.3 Å². The third-order valence-electron chi connectivity index (χ3n) is 3.65. The first-order chi connectivity index (χ1) is 10.2. The summed E-state index contributed by atoms with van der Waals surface area (Å²) in [6.45, 7) is 0. The molecule has 21 heavy (non-hydrogen) atoms.